The van der Waals surface area contributed by atoms with E-state index in [-0.39, 0.29) is 11.7 Å². The summed E-state index contributed by atoms with van der Waals surface area (Å²) in [7, 11) is 1.91. The van der Waals surface area contributed by atoms with Crippen LogP contribution in [0.2, 0.25) is 5.02 Å². The van der Waals surface area contributed by atoms with Crippen LogP contribution in [0.1, 0.15) is 11.3 Å². The molecule has 0 saturated carbocycles. The number of nitrogens with zero attached hydrogens (tertiary/aromatic N) is 4. The lowest BCUT2D eigenvalue weighted by Crippen LogP contribution is -2.19. The Kier molecular flexibility index (Phi) is 7.33. The Bertz CT molecular complexity index is 923. The van der Waals surface area contributed by atoms with Crippen LogP contribution in [0, 0.1) is 0 Å². The molecule has 27 heavy (non-hydrogen) atoms. The number of benzene rings is 1. The first-order chi connectivity index (χ1) is 13.1. The molecule has 3 rings (SSSR count). The summed E-state index contributed by atoms with van der Waals surface area (Å²) in [6.45, 7) is 0. The Morgan fingerprint density at radius 1 is 1.26 bits per heavy atom. The van der Waals surface area contributed by atoms with Crippen molar-refractivity contribution in [3.05, 3.63) is 58.9 Å². The Morgan fingerprint density at radius 3 is 2.70 bits per heavy atom. The van der Waals surface area contributed by atoms with E-state index in [0.717, 1.165) is 25.1 Å². The SMILES string of the molecule is Cn1cccc1/C=N\NC(=O)CSc1nnc(SCc2ccc(Cl)cc2)s1. The molecule has 3 aromatic rings. The number of thioether (sulfide) groups is 2. The smallest absolute Gasteiger partial charge is 0.250 e. The molecule has 0 atom stereocenters. The van der Waals surface area contributed by atoms with Crippen LogP contribution < -0.4 is 5.43 Å². The maximum atomic E-state index is 11.9. The number of carbonyl (C=O) groups excluding carboxylic acids is 1. The van der Waals surface area contributed by atoms with Crippen molar-refractivity contribution in [3.8, 4) is 0 Å². The summed E-state index contributed by atoms with van der Waals surface area (Å²) < 4.78 is 3.54. The number of aromatic nitrogens is 3. The average molecular weight is 438 g/mol. The van der Waals surface area contributed by atoms with E-state index in [4.69, 9.17) is 11.6 Å². The highest BCUT2D eigenvalue weighted by Crippen LogP contribution is 2.30. The highest BCUT2D eigenvalue weighted by molar-refractivity contribution is 8.03. The van der Waals surface area contributed by atoms with Crippen molar-refractivity contribution in [2.24, 2.45) is 12.1 Å². The quantitative estimate of drug-likeness (QED) is 0.327. The predicted octanol–water partition coefficient (Wildman–Crippen LogP) is 4.06. The van der Waals surface area contributed by atoms with E-state index in [2.05, 4.69) is 20.7 Å². The van der Waals surface area contributed by atoms with Gasteiger partial charge in [-0.25, -0.2) is 5.43 Å². The molecule has 6 nitrogen and oxygen atoms in total. The largest absolute Gasteiger partial charge is 0.350 e. The fraction of sp³-hybridized carbons (Fsp3) is 0.176. The third-order valence-electron chi connectivity index (χ3n) is 3.36. The second-order valence-electron chi connectivity index (χ2n) is 5.37. The minimum absolute atomic E-state index is 0.184. The fourth-order valence-electron chi connectivity index (χ4n) is 1.98. The zero-order valence-electron chi connectivity index (χ0n) is 14.3. The highest BCUT2D eigenvalue weighted by atomic mass is 35.5. The van der Waals surface area contributed by atoms with Gasteiger partial charge in [0.15, 0.2) is 8.68 Å². The Labute approximate surface area is 174 Å². The van der Waals surface area contributed by atoms with Crippen molar-refractivity contribution in [1.82, 2.24) is 20.2 Å². The molecule has 140 valence electrons. The molecule has 0 aliphatic carbocycles. The monoisotopic (exact) mass is 437 g/mol. The molecule has 0 spiro atoms. The first-order valence-electron chi connectivity index (χ1n) is 7.87. The second kappa shape index (κ2) is 9.93. The Balaban J connectivity index is 1.41. The van der Waals surface area contributed by atoms with Gasteiger partial charge in [0.05, 0.1) is 17.7 Å². The van der Waals surface area contributed by atoms with Gasteiger partial charge in [0.25, 0.3) is 5.91 Å². The lowest BCUT2D eigenvalue weighted by atomic mass is 10.2. The molecular weight excluding hydrogens is 422 g/mol. The normalized spacial score (nSPS) is 11.2. The number of aryl methyl sites for hydroxylation is 1. The number of nitrogens with one attached hydrogen (secondary N) is 1. The molecule has 0 saturated heterocycles. The molecule has 0 fully saturated rings. The maximum Gasteiger partial charge on any atom is 0.250 e. The van der Waals surface area contributed by atoms with Gasteiger partial charge in [0, 0.05) is 24.0 Å². The molecule has 0 aliphatic rings. The molecular formula is C17H16ClN5OS3. The Hall–Kier alpha value is -1.81. The molecule has 0 radical (unpaired) electrons. The zero-order valence-corrected chi connectivity index (χ0v) is 17.5. The van der Waals surface area contributed by atoms with E-state index >= 15 is 0 Å². The lowest BCUT2D eigenvalue weighted by molar-refractivity contribution is -0.118. The van der Waals surface area contributed by atoms with Crippen LogP contribution in [-0.2, 0) is 17.6 Å². The average Bonchev–Trinajstić information content (AvgIpc) is 3.29. The van der Waals surface area contributed by atoms with Crippen LogP contribution in [0.5, 0.6) is 0 Å². The number of rotatable bonds is 8. The number of hydrazone groups is 1. The van der Waals surface area contributed by atoms with Gasteiger partial charge in [0.1, 0.15) is 0 Å². The van der Waals surface area contributed by atoms with Crippen molar-refractivity contribution >= 4 is 58.6 Å². The summed E-state index contributed by atoms with van der Waals surface area (Å²) in [4.78, 5) is 11.9. The third-order valence-corrected chi connectivity index (χ3v) is 6.87. The molecule has 2 heterocycles. The maximum absolute atomic E-state index is 11.9. The van der Waals surface area contributed by atoms with Gasteiger partial charge in [-0.15, -0.1) is 10.2 Å². The minimum atomic E-state index is -0.184. The summed E-state index contributed by atoms with van der Waals surface area (Å²) in [5, 5.41) is 13.0. The number of hydrogen-bond acceptors (Lipinski definition) is 7. The molecule has 1 amide bonds. The summed E-state index contributed by atoms with van der Waals surface area (Å²) in [6, 6.07) is 11.6. The van der Waals surface area contributed by atoms with E-state index in [1.54, 1.807) is 18.0 Å². The van der Waals surface area contributed by atoms with Crippen molar-refractivity contribution in [2.45, 2.75) is 14.4 Å². The van der Waals surface area contributed by atoms with Crippen LogP contribution in [0.15, 0.2) is 56.4 Å². The van der Waals surface area contributed by atoms with Gasteiger partial charge in [-0.3, -0.25) is 4.79 Å². The first kappa shape index (κ1) is 19.9. The molecule has 10 heteroatoms. The zero-order chi connectivity index (χ0) is 19.1. The molecule has 2 aromatic heterocycles. The van der Waals surface area contributed by atoms with E-state index in [1.807, 2.05) is 54.2 Å². The molecule has 0 bridgehead atoms. The van der Waals surface area contributed by atoms with Crippen molar-refractivity contribution in [3.63, 3.8) is 0 Å². The van der Waals surface area contributed by atoms with E-state index in [1.165, 1.54) is 28.7 Å². The van der Waals surface area contributed by atoms with E-state index < -0.39 is 0 Å². The number of halogens is 1. The van der Waals surface area contributed by atoms with Crippen LogP contribution in [0.25, 0.3) is 0 Å². The van der Waals surface area contributed by atoms with Crippen LogP contribution in [-0.4, -0.2) is 32.6 Å². The van der Waals surface area contributed by atoms with Gasteiger partial charge in [-0.05, 0) is 29.8 Å². The standard InChI is InChI=1S/C17H16ClN5OS3/c1-23-8-2-3-14(23)9-19-20-15(24)11-26-17-22-21-16(27-17)25-10-12-4-6-13(18)7-5-12/h2-9H,10-11H2,1H3,(H,20,24)/b19-9-. The van der Waals surface area contributed by atoms with Gasteiger partial charge < -0.3 is 4.57 Å². The number of carbonyl (C=O) groups is 1. The van der Waals surface area contributed by atoms with Crippen LogP contribution >= 0.6 is 46.5 Å². The fourth-order valence-corrected chi connectivity index (χ4v) is 4.87. The van der Waals surface area contributed by atoms with Gasteiger partial charge in [0.2, 0.25) is 0 Å². The lowest BCUT2D eigenvalue weighted by Gasteiger charge is -1.98. The second-order valence-corrected chi connectivity index (χ2v) is 9.23. The van der Waals surface area contributed by atoms with E-state index in [0.29, 0.717) is 0 Å². The summed E-state index contributed by atoms with van der Waals surface area (Å²) in [5.74, 6) is 0.849. The van der Waals surface area contributed by atoms with E-state index in [9.17, 15) is 4.79 Å². The minimum Gasteiger partial charge on any atom is -0.350 e. The first-order valence-corrected chi connectivity index (χ1v) is 11.0. The summed E-state index contributed by atoms with van der Waals surface area (Å²) in [5.41, 5.74) is 4.60. The highest BCUT2D eigenvalue weighted by Gasteiger charge is 2.08. The van der Waals surface area contributed by atoms with Gasteiger partial charge in [-0.1, -0.05) is 58.6 Å². The molecule has 1 N–H and O–H groups in total. The van der Waals surface area contributed by atoms with Crippen LogP contribution in [0.3, 0.4) is 0 Å². The third kappa shape index (κ3) is 6.39. The molecule has 0 aliphatic heterocycles. The van der Waals surface area contributed by atoms with Crippen molar-refractivity contribution < 1.29 is 4.79 Å². The van der Waals surface area contributed by atoms with Gasteiger partial charge in [-0.2, -0.15) is 5.10 Å². The molecule has 0 unspecified atom stereocenters. The number of hydrogen-bond donors (Lipinski definition) is 1. The number of amides is 1. The summed E-state index contributed by atoms with van der Waals surface area (Å²) in [6.07, 6.45) is 3.52. The predicted molar refractivity (Wildman–Crippen MR) is 113 cm³/mol. The Morgan fingerprint density at radius 2 is 2.00 bits per heavy atom. The van der Waals surface area contributed by atoms with Gasteiger partial charge >= 0.3 is 0 Å². The topological polar surface area (TPSA) is 72.2 Å². The van der Waals surface area contributed by atoms with Crippen molar-refractivity contribution in [1.29, 1.82) is 0 Å². The van der Waals surface area contributed by atoms with Crippen LogP contribution in [0.4, 0.5) is 0 Å². The van der Waals surface area contributed by atoms with Crippen molar-refractivity contribution in [2.75, 3.05) is 5.75 Å². The molecule has 1 aromatic carbocycles. The summed E-state index contributed by atoms with van der Waals surface area (Å²) >= 11 is 10.3.